The summed E-state index contributed by atoms with van der Waals surface area (Å²) >= 11 is 0. The number of pyridine rings is 1. The highest BCUT2D eigenvalue weighted by Crippen LogP contribution is 2.07. The Balaban J connectivity index is 2.37. The van der Waals surface area contributed by atoms with Crippen molar-refractivity contribution < 1.29 is 14.3 Å². The SMILES string of the molecule is CCCOCC(=O)Cc1ccc(OC)nc1. The van der Waals surface area contributed by atoms with Gasteiger partial charge in [-0.15, -0.1) is 0 Å². The number of ether oxygens (including phenoxy) is 2. The Bertz CT molecular complexity index is 322. The molecule has 0 saturated heterocycles. The number of aromatic nitrogens is 1. The summed E-state index contributed by atoms with van der Waals surface area (Å²) in [5.74, 6) is 0.624. The van der Waals surface area contributed by atoms with E-state index in [0.29, 0.717) is 18.9 Å². The first-order valence-electron chi connectivity index (χ1n) is 5.34. The normalized spacial score (nSPS) is 10.1. The number of Topliss-reactive ketones (excluding diaryl/α,β-unsaturated/α-hetero) is 1. The first-order chi connectivity index (χ1) is 7.76. The van der Waals surface area contributed by atoms with Crippen LogP contribution in [0, 0.1) is 0 Å². The van der Waals surface area contributed by atoms with Gasteiger partial charge < -0.3 is 9.47 Å². The van der Waals surface area contributed by atoms with Crippen molar-refractivity contribution in [2.24, 2.45) is 0 Å². The summed E-state index contributed by atoms with van der Waals surface area (Å²) in [4.78, 5) is 15.5. The number of nitrogens with zero attached hydrogens (tertiary/aromatic N) is 1. The Hall–Kier alpha value is -1.42. The Morgan fingerprint density at radius 1 is 1.44 bits per heavy atom. The average Bonchev–Trinajstić information content (AvgIpc) is 2.30. The molecule has 0 atom stereocenters. The Morgan fingerprint density at radius 2 is 2.25 bits per heavy atom. The molecular formula is C12H17NO3. The maximum absolute atomic E-state index is 11.5. The number of methoxy groups -OCH3 is 1. The zero-order chi connectivity index (χ0) is 11.8. The molecule has 0 radical (unpaired) electrons. The van der Waals surface area contributed by atoms with Crippen LogP contribution in [0.5, 0.6) is 5.88 Å². The number of ketones is 1. The standard InChI is InChI=1S/C12H17NO3/c1-3-6-16-9-11(14)7-10-4-5-12(15-2)13-8-10/h4-5,8H,3,6-7,9H2,1-2H3. The van der Waals surface area contributed by atoms with E-state index in [1.54, 1.807) is 19.4 Å². The highest BCUT2D eigenvalue weighted by molar-refractivity contribution is 5.81. The molecule has 0 fully saturated rings. The van der Waals surface area contributed by atoms with Gasteiger partial charge in [-0.25, -0.2) is 4.98 Å². The van der Waals surface area contributed by atoms with Crippen LogP contribution in [0.15, 0.2) is 18.3 Å². The first-order valence-corrected chi connectivity index (χ1v) is 5.34. The molecule has 1 aromatic rings. The lowest BCUT2D eigenvalue weighted by Crippen LogP contribution is -2.12. The summed E-state index contributed by atoms with van der Waals surface area (Å²) < 4.78 is 10.1. The van der Waals surface area contributed by atoms with Gasteiger partial charge >= 0.3 is 0 Å². The molecule has 0 aromatic carbocycles. The smallest absolute Gasteiger partial charge is 0.212 e. The monoisotopic (exact) mass is 223 g/mol. The van der Waals surface area contributed by atoms with E-state index in [0.717, 1.165) is 12.0 Å². The second kappa shape index (κ2) is 6.95. The highest BCUT2D eigenvalue weighted by Gasteiger charge is 2.04. The van der Waals surface area contributed by atoms with Crippen molar-refractivity contribution in [3.05, 3.63) is 23.9 Å². The molecule has 0 aliphatic rings. The van der Waals surface area contributed by atoms with E-state index >= 15 is 0 Å². The lowest BCUT2D eigenvalue weighted by molar-refractivity contribution is -0.122. The van der Waals surface area contributed by atoms with E-state index in [9.17, 15) is 4.79 Å². The third-order valence-corrected chi connectivity index (χ3v) is 2.02. The molecule has 1 aromatic heterocycles. The van der Waals surface area contributed by atoms with Gasteiger partial charge in [0.25, 0.3) is 0 Å². The van der Waals surface area contributed by atoms with Crippen molar-refractivity contribution in [1.29, 1.82) is 0 Å². The predicted octanol–water partition coefficient (Wildman–Crippen LogP) is 1.63. The molecule has 4 heteroatoms. The van der Waals surface area contributed by atoms with Crippen LogP contribution in [-0.2, 0) is 16.0 Å². The van der Waals surface area contributed by atoms with Gasteiger partial charge in [-0.1, -0.05) is 13.0 Å². The summed E-state index contributed by atoms with van der Waals surface area (Å²) in [6, 6.07) is 3.58. The van der Waals surface area contributed by atoms with Crippen molar-refractivity contribution in [3.8, 4) is 5.88 Å². The van der Waals surface area contributed by atoms with E-state index in [1.165, 1.54) is 0 Å². The van der Waals surface area contributed by atoms with Crippen LogP contribution < -0.4 is 4.74 Å². The van der Waals surface area contributed by atoms with E-state index < -0.39 is 0 Å². The molecule has 1 heterocycles. The van der Waals surface area contributed by atoms with Crippen molar-refractivity contribution in [3.63, 3.8) is 0 Å². The van der Waals surface area contributed by atoms with Crippen LogP contribution in [0.3, 0.4) is 0 Å². The van der Waals surface area contributed by atoms with Crippen LogP contribution in [0.1, 0.15) is 18.9 Å². The van der Waals surface area contributed by atoms with Gasteiger partial charge in [0.05, 0.1) is 7.11 Å². The Labute approximate surface area is 95.6 Å². The van der Waals surface area contributed by atoms with Gasteiger partial charge in [-0.2, -0.15) is 0 Å². The number of rotatable bonds is 7. The van der Waals surface area contributed by atoms with Crippen LogP contribution >= 0.6 is 0 Å². The fourth-order valence-electron chi connectivity index (χ4n) is 1.25. The van der Waals surface area contributed by atoms with Crippen LogP contribution in [0.25, 0.3) is 0 Å². The zero-order valence-corrected chi connectivity index (χ0v) is 9.73. The third kappa shape index (κ3) is 4.40. The molecule has 0 N–H and O–H groups in total. The maximum atomic E-state index is 11.5. The molecule has 4 nitrogen and oxygen atoms in total. The minimum atomic E-state index is 0.0698. The molecule has 0 aliphatic heterocycles. The minimum Gasteiger partial charge on any atom is -0.481 e. The summed E-state index contributed by atoms with van der Waals surface area (Å²) in [6.07, 6.45) is 2.94. The molecule has 0 saturated carbocycles. The first kappa shape index (κ1) is 12.6. The molecule has 88 valence electrons. The van der Waals surface area contributed by atoms with Crippen LogP contribution in [0.4, 0.5) is 0 Å². The van der Waals surface area contributed by atoms with Crippen LogP contribution in [-0.4, -0.2) is 31.1 Å². The minimum absolute atomic E-state index is 0.0698. The second-order valence-corrected chi connectivity index (χ2v) is 3.48. The molecule has 1 rings (SSSR count). The quantitative estimate of drug-likeness (QED) is 0.659. The molecule has 0 unspecified atom stereocenters. The van der Waals surface area contributed by atoms with Gasteiger partial charge in [-0.3, -0.25) is 4.79 Å². The van der Waals surface area contributed by atoms with Crippen molar-refractivity contribution in [1.82, 2.24) is 4.98 Å². The topological polar surface area (TPSA) is 48.4 Å². The van der Waals surface area contributed by atoms with Gasteiger partial charge in [0, 0.05) is 25.3 Å². The fourth-order valence-corrected chi connectivity index (χ4v) is 1.25. The molecule has 0 aliphatic carbocycles. The number of hydrogen-bond acceptors (Lipinski definition) is 4. The number of carbonyl (C=O) groups excluding carboxylic acids is 1. The van der Waals surface area contributed by atoms with Gasteiger partial charge in [0.2, 0.25) is 5.88 Å². The largest absolute Gasteiger partial charge is 0.481 e. The summed E-state index contributed by atoms with van der Waals surface area (Å²) in [5, 5.41) is 0. The van der Waals surface area contributed by atoms with E-state index in [-0.39, 0.29) is 12.4 Å². The van der Waals surface area contributed by atoms with Crippen LogP contribution in [0.2, 0.25) is 0 Å². The van der Waals surface area contributed by atoms with E-state index in [1.807, 2.05) is 13.0 Å². The van der Waals surface area contributed by atoms with Crippen molar-refractivity contribution in [2.75, 3.05) is 20.3 Å². The lowest BCUT2D eigenvalue weighted by atomic mass is 10.1. The zero-order valence-electron chi connectivity index (χ0n) is 9.73. The van der Waals surface area contributed by atoms with Gasteiger partial charge in [-0.05, 0) is 12.0 Å². The summed E-state index contributed by atoms with van der Waals surface area (Å²) in [6.45, 7) is 2.82. The summed E-state index contributed by atoms with van der Waals surface area (Å²) in [5.41, 5.74) is 0.880. The van der Waals surface area contributed by atoms with E-state index in [4.69, 9.17) is 9.47 Å². The summed E-state index contributed by atoms with van der Waals surface area (Å²) in [7, 11) is 1.56. The lowest BCUT2D eigenvalue weighted by Gasteiger charge is -2.03. The Morgan fingerprint density at radius 3 is 2.81 bits per heavy atom. The molecule has 16 heavy (non-hydrogen) atoms. The maximum Gasteiger partial charge on any atom is 0.212 e. The highest BCUT2D eigenvalue weighted by atomic mass is 16.5. The molecule has 0 spiro atoms. The van der Waals surface area contributed by atoms with Crippen molar-refractivity contribution >= 4 is 5.78 Å². The Kier molecular flexibility index (Phi) is 5.50. The van der Waals surface area contributed by atoms with Gasteiger partial charge in [0.15, 0.2) is 5.78 Å². The molecular weight excluding hydrogens is 206 g/mol. The predicted molar refractivity (Wildman–Crippen MR) is 60.6 cm³/mol. The fraction of sp³-hybridized carbons (Fsp3) is 0.500. The van der Waals surface area contributed by atoms with Gasteiger partial charge in [0.1, 0.15) is 6.61 Å². The number of carbonyl (C=O) groups is 1. The average molecular weight is 223 g/mol. The number of hydrogen-bond donors (Lipinski definition) is 0. The molecule has 0 bridgehead atoms. The molecule has 0 amide bonds. The van der Waals surface area contributed by atoms with Crippen molar-refractivity contribution in [2.45, 2.75) is 19.8 Å². The third-order valence-electron chi connectivity index (χ3n) is 2.02. The second-order valence-electron chi connectivity index (χ2n) is 3.48. The van der Waals surface area contributed by atoms with E-state index in [2.05, 4.69) is 4.98 Å².